The molecule has 3 nitrogen and oxygen atoms in total. The van der Waals surface area contributed by atoms with Crippen molar-refractivity contribution in [3.63, 3.8) is 0 Å². The number of rotatable bonds is 6. The summed E-state index contributed by atoms with van der Waals surface area (Å²) in [6.45, 7) is 4.38. The van der Waals surface area contributed by atoms with Crippen LogP contribution in [0.4, 0.5) is 0 Å². The van der Waals surface area contributed by atoms with Crippen molar-refractivity contribution in [3.8, 4) is 5.75 Å². The van der Waals surface area contributed by atoms with E-state index in [0.29, 0.717) is 13.0 Å². The second-order valence-corrected chi connectivity index (χ2v) is 5.21. The molecule has 0 aromatic heterocycles. The highest BCUT2D eigenvalue weighted by Crippen LogP contribution is 2.23. The maximum Gasteiger partial charge on any atom is 0.311 e. The summed E-state index contributed by atoms with van der Waals surface area (Å²) in [5.41, 5.74) is 3.01. The summed E-state index contributed by atoms with van der Waals surface area (Å²) in [5, 5.41) is 9.37. The number of carboxylic acid groups (broad SMARTS) is 1. The quantitative estimate of drug-likeness (QED) is 0.874. The summed E-state index contributed by atoms with van der Waals surface area (Å²) in [7, 11) is 0. The van der Waals surface area contributed by atoms with Gasteiger partial charge < -0.3 is 9.84 Å². The summed E-state index contributed by atoms with van der Waals surface area (Å²) in [6.07, 6.45) is 0.451. The third-order valence-electron chi connectivity index (χ3n) is 3.51. The average molecular weight is 284 g/mol. The molecule has 1 atom stereocenters. The number of hydrogen-bond donors (Lipinski definition) is 1. The zero-order valence-electron chi connectivity index (χ0n) is 12.4. The fraction of sp³-hybridized carbons (Fsp3) is 0.278. The van der Waals surface area contributed by atoms with Crippen molar-refractivity contribution >= 4 is 5.97 Å². The second-order valence-electron chi connectivity index (χ2n) is 5.21. The van der Waals surface area contributed by atoms with Crippen molar-refractivity contribution in [1.29, 1.82) is 0 Å². The van der Waals surface area contributed by atoms with E-state index in [1.165, 1.54) is 0 Å². The van der Waals surface area contributed by atoms with E-state index in [9.17, 15) is 9.90 Å². The minimum Gasteiger partial charge on any atom is -0.493 e. The van der Waals surface area contributed by atoms with Crippen LogP contribution >= 0.6 is 0 Å². The molecule has 2 rings (SSSR count). The molecular weight excluding hydrogens is 264 g/mol. The molecule has 3 heteroatoms. The highest BCUT2D eigenvalue weighted by molar-refractivity contribution is 5.76. The summed E-state index contributed by atoms with van der Waals surface area (Å²) < 4.78 is 5.76. The standard InChI is InChI=1S/C18H20O3/c1-13-8-9-14(2)17(12-13)21-11-10-16(18(19)20)15-6-4-3-5-7-15/h3-9,12,16H,10-11H2,1-2H3,(H,19,20). The molecule has 110 valence electrons. The van der Waals surface area contributed by atoms with E-state index in [4.69, 9.17) is 4.74 Å². The maximum atomic E-state index is 11.4. The summed E-state index contributed by atoms with van der Waals surface area (Å²) >= 11 is 0. The van der Waals surface area contributed by atoms with Gasteiger partial charge in [-0.1, -0.05) is 42.5 Å². The minimum atomic E-state index is -0.814. The molecule has 0 amide bonds. The minimum absolute atomic E-state index is 0.385. The van der Waals surface area contributed by atoms with E-state index in [1.807, 2.05) is 62.4 Å². The predicted octanol–water partition coefficient (Wildman–Crippen LogP) is 3.94. The Labute approximate surface area is 125 Å². The van der Waals surface area contributed by atoms with Crippen LogP contribution in [0, 0.1) is 13.8 Å². The molecule has 21 heavy (non-hydrogen) atoms. The van der Waals surface area contributed by atoms with Gasteiger partial charge >= 0.3 is 5.97 Å². The second kappa shape index (κ2) is 6.93. The molecule has 1 N–H and O–H groups in total. The van der Waals surface area contributed by atoms with Gasteiger partial charge in [0, 0.05) is 0 Å². The zero-order valence-corrected chi connectivity index (χ0v) is 12.4. The SMILES string of the molecule is Cc1ccc(C)c(OCCC(C(=O)O)c2ccccc2)c1. The largest absolute Gasteiger partial charge is 0.493 e. The van der Waals surface area contributed by atoms with Crippen molar-refractivity contribution in [2.75, 3.05) is 6.61 Å². The number of carbonyl (C=O) groups is 1. The lowest BCUT2D eigenvalue weighted by Crippen LogP contribution is -2.15. The van der Waals surface area contributed by atoms with Gasteiger partial charge in [0.25, 0.3) is 0 Å². The number of carboxylic acids is 1. The Morgan fingerprint density at radius 3 is 2.52 bits per heavy atom. The van der Waals surface area contributed by atoms with E-state index in [-0.39, 0.29) is 0 Å². The van der Waals surface area contributed by atoms with Crippen LogP contribution in [0.2, 0.25) is 0 Å². The summed E-state index contributed by atoms with van der Waals surface area (Å²) in [5.74, 6) is -0.519. The van der Waals surface area contributed by atoms with E-state index in [2.05, 4.69) is 0 Å². The average Bonchev–Trinajstić information content (AvgIpc) is 2.47. The molecule has 0 aliphatic rings. The molecule has 2 aromatic rings. The van der Waals surface area contributed by atoms with E-state index in [0.717, 1.165) is 22.4 Å². The first-order valence-corrected chi connectivity index (χ1v) is 7.05. The Bertz CT molecular complexity index is 605. The molecule has 2 aromatic carbocycles. The normalized spacial score (nSPS) is 11.9. The van der Waals surface area contributed by atoms with Crippen LogP contribution in [0.15, 0.2) is 48.5 Å². The van der Waals surface area contributed by atoms with Gasteiger partial charge in [-0.15, -0.1) is 0 Å². The van der Waals surface area contributed by atoms with Gasteiger partial charge in [-0.2, -0.15) is 0 Å². The number of ether oxygens (including phenoxy) is 1. The van der Waals surface area contributed by atoms with E-state index >= 15 is 0 Å². The smallest absolute Gasteiger partial charge is 0.311 e. The molecule has 0 saturated carbocycles. The van der Waals surface area contributed by atoms with Gasteiger partial charge in [0.15, 0.2) is 0 Å². The molecule has 0 aliphatic heterocycles. The maximum absolute atomic E-state index is 11.4. The monoisotopic (exact) mass is 284 g/mol. The van der Waals surface area contributed by atoms with E-state index in [1.54, 1.807) is 0 Å². The molecule has 1 unspecified atom stereocenters. The lowest BCUT2D eigenvalue weighted by atomic mass is 9.96. The number of aliphatic carboxylic acids is 1. The number of hydrogen-bond acceptors (Lipinski definition) is 2. The van der Waals surface area contributed by atoms with Gasteiger partial charge in [-0.3, -0.25) is 4.79 Å². The van der Waals surface area contributed by atoms with E-state index < -0.39 is 11.9 Å². The zero-order chi connectivity index (χ0) is 15.2. The first-order chi connectivity index (χ1) is 10.1. The molecule has 0 fully saturated rings. The third kappa shape index (κ3) is 4.09. The first-order valence-electron chi connectivity index (χ1n) is 7.05. The highest BCUT2D eigenvalue weighted by Gasteiger charge is 2.19. The van der Waals surface area contributed by atoms with Crippen molar-refractivity contribution in [3.05, 3.63) is 65.2 Å². The van der Waals surface area contributed by atoms with Crippen LogP contribution in [-0.2, 0) is 4.79 Å². The molecule has 0 heterocycles. The topological polar surface area (TPSA) is 46.5 Å². The van der Waals surface area contributed by atoms with Crippen LogP contribution in [0.25, 0.3) is 0 Å². The molecule has 0 saturated heterocycles. The lowest BCUT2D eigenvalue weighted by molar-refractivity contribution is -0.139. The van der Waals surface area contributed by atoms with Crippen LogP contribution in [0.3, 0.4) is 0 Å². The predicted molar refractivity (Wildman–Crippen MR) is 82.8 cm³/mol. The Balaban J connectivity index is 2.00. The first kappa shape index (κ1) is 15.1. The van der Waals surface area contributed by atoms with Crippen molar-refractivity contribution in [2.24, 2.45) is 0 Å². The molecule has 0 aliphatic carbocycles. The third-order valence-corrected chi connectivity index (χ3v) is 3.51. The molecular formula is C18H20O3. The van der Waals surface area contributed by atoms with Crippen LogP contribution in [0.1, 0.15) is 29.0 Å². The number of benzene rings is 2. The fourth-order valence-corrected chi connectivity index (χ4v) is 2.27. The Hall–Kier alpha value is -2.29. The van der Waals surface area contributed by atoms with Crippen LogP contribution < -0.4 is 4.74 Å². The van der Waals surface area contributed by atoms with Crippen LogP contribution in [-0.4, -0.2) is 17.7 Å². The lowest BCUT2D eigenvalue weighted by Gasteiger charge is -2.14. The van der Waals surface area contributed by atoms with Crippen molar-refractivity contribution < 1.29 is 14.6 Å². The molecule has 0 radical (unpaired) electrons. The molecule has 0 bridgehead atoms. The Kier molecular flexibility index (Phi) is 4.99. The molecule has 0 spiro atoms. The Morgan fingerprint density at radius 1 is 1.14 bits per heavy atom. The highest BCUT2D eigenvalue weighted by atomic mass is 16.5. The van der Waals surface area contributed by atoms with Gasteiger partial charge in [0.2, 0.25) is 0 Å². The summed E-state index contributed by atoms with van der Waals surface area (Å²) in [6, 6.07) is 15.3. The van der Waals surface area contributed by atoms with Gasteiger partial charge in [-0.05, 0) is 43.0 Å². The van der Waals surface area contributed by atoms with Gasteiger partial charge in [0.1, 0.15) is 5.75 Å². The summed E-state index contributed by atoms with van der Waals surface area (Å²) in [4.78, 5) is 11.4. The van der Waals surface area contributed by atoms with Gasteiger partial charge in [-0.25, -0.2) is 0 Å². The Morgan fingerprint density at radius 2 is 1.86 bits per heavy atom. The van der Waals surface area contributed by atoms with Crippen molar-refractivity contribution in [1.82, 2.24) is 0 Å². The fourth-order valence-electron chi connectivity index (χ4n) is 2.27. The van der Waals surface area contributed by atoms with Crippen LogP contribution in [0.5, 0.6) is 5.75 Å². The number of aryl methyl sites for hydroxylation is 2. The van der Waals surface area contributed by atoms with Crippen molar-refractivity contribution in [2.45, 2.75) is 26.2 Å². The van der Waals surface area contributed by atoms with Gasteiger partial charge in [0.05, 0.1) is 12.5 Å².